The number of Topliss-reactive ketones (excluding diaryl/α,β-unsaturated/α-hetero) is 1. The second kappa shape index (κ2) is 4.41. The fraction of sp³-hybridized carbons (Fsp3) is 0.438. The van der Waals surface area contributed by atoms with Gasteiger partial charge in [-0.15, -0.1) is 0 Å². The van der Waals surface area contributed by atoms with Gasteiger partial charge in [-0.2, -0.15) is 4.74 Å². The number of fused-ring (bicyclic) bond motifs is 4. The summed E-state index contributed by atoms with van der Waals surface area (Å²) >= 11 is 0. The minimum Gasteiger partial charge on any atom is -0.623 e. The minimum atomic E-state index is -0.325. The summed E-state index contributed by atoms with van der Waals surface area (Å²) in [5, 5.41) is 23.4. The molecule has 0 spiro atoms. The van der Waals surface area contributed by atoms with Crippen molar-refractivity contribution in [2.45, 2.75) is 44.2 Å². The molecule has 0 bridgehead atoms. The Bertz CT molecular complexity index is 705. The normalized spacial score (nSPS) is 28.1. The molecule has 5 nitrogen and oxygen atoms in total. The molecule has 1 heterocycles. The Morgan fingerprint density at radius 3 is 2.43 bits per heavy atom. The van der Waals surface area contributed by atoms with E-state index in [4.69, 9.17) is 0 Å². The highest BCUT2D eigenvalue weighted by molar-refractivity contribution is 6.75. The van der Waals surface area contributed by atoms with E-state index in [1.54, 1.807) is 18.2 Å². The molecule has 108 valence electrons. The number of rotatable bonds is 0. The third-order valence-electron chi connectivity index (χ3n) is 4.87. The SMILES string of the molecule is O=C1C2=[N+]([O-])[C@H]3CCCCC[C@H]3[N+](O)=C2c2ccccc21. The third-order valence-corrected chi connectivity index (χ3v) is 4.87. The van der Waals surface area contributed by atoms with Crippen molar-refractivity contribution in [3.8, 4) is 0 Å². The van der Waals surface area contributed by atoms with Gasteiger partial charge in [-0.25, -0.2) is 0 Å². The lowest BCUT2D eigenvalue weighted by Gasteiger charge is -2.23. The Labute approximate surface area is 122 Å². The van der Waals surface area contributed by atoms with Crippen molar-refractivity contribution < 1.29 is 19.5 Å². The van der Waals surface area contributed by atoms with Crippen LogP contribution in [0.2, 0.25) is 0 Å². The van der Waals surface area contributed by atoms with E-state index in [1.165, 1.54) is 4.74 Å². The maximum atomic E-state index is 12.7. The second-order valence-electron chi connectivity index (χ2n) is 6.01. The molecule has 0 saturated heterocycles. The van der Waals surface area contributed by atoms with Gasteiger partial charge in [0.15, 0.2) is 0 Å². The smallest absolute Gasteiger partial charge is 0.336 e. The second-order valence-corrected chi connectivity index (χ2v) is 6.01. The van der Waals surface area contributed by atoms with Gasteiger partial charge < -0.3 is 5.21 Å². The molecule has 5 heteroatoms. The first kappa shape index (κ1) is 12.6. The van der Waals surface area contributed by atoms with Gasteiger partial charge in [-0.1, -0.05) is 18.6 Å². The lowest BCUT2D eigenvalue weighted by atomic mass is 9.99. The van der Waals surface area contributed by atoms with E-state index in [9.17, 15) is 15.2 Å². The average molecular weight is 285 g/mol. The molecule has 4 rings (SSSR count). The molecule has 1 aromatic rings. The quantitative estimate of drug-likeness (QED) is 0.448. The Morgan fingerprint density at radius 2 is 1.67 bits per heavy atom. The standard InChI is InChI=1S/C16H17N2O3/c19-16-11-7-5-4-6-10(11)14-15(16)18(21)13-9-3-1-2-8-12(13)17(14)20/h4-7,12-13,20H,1-3,8-9H2/q+1/t12-,13+/m1/s1. The van der Waals surface area contributed by atoms with Crippen LogP contribution in [0.3, 0.4) is 0 Å². The third kappa shape index (κ3) is 1.60. The number of ketones is 1. The van der Waals surface area contributed by atoms with E-state index in [0.717, 1.165) is 36.8 Å². The van der Waals surface area contributed by atoms with E-state index in [1.807, 2.05) is 6.07 Å². The summed E-state index contributed by atoms with van der Waals surface area (Å²) in [7, 11) is 0. The monoisotopic (exact) mass is 285 g/mol. The predicted octanol–water partition coefficient (Wildman–Crippen LogP) is 1.74. The van der Waals surface area contributed by atoms with Gasteiger partial charge >= 0.3 is 11.4 Å². The van der Waals surface area contributed by atoms with Crippen molar-refractivity contribution in [1.29, 1.82) is 0 Å². The number of nitrogens with zero attached hydrogens (tertiary/aromatic N) is 2. The molecule has 2 aliphatic carbocycles. The minimum absolute atomic E-state index is 0.113. The first-order valence-electron chi connectivity index (χ1n) is 7.53. The molecule has 2 atom stereocenters. The maximum Gasteiger partial charge on any atom is 0.336 e. The molecule has 0 aromatic heterocycles. The molecule has 0 radical (unpaired) electrons. The van der Waals surface area contributed by atoms with Gasteiger partial charge in [-0.05, 0) is 29.7 Å². The zero-order chi connectivity index (χ0) is 14.6. The van der Waals surface area contributed by atoms with Gasteiger partial charge in [0, 0.05) is 18.4 Å². The van der Waals surface area contributed by atoms with Crippen molar-refractivity contribution in [3.05, 3.63) is 40.6 Å². The summed E-state index contributed by atoms with van der Waals surface area (Å²) in [6.45, 7) is 0. The molecule has 21 heavy (non-hydrogen) atoms. The van der Waals surface area contributed by atoms with Gasteiger partial charge in [0.2, 0.25) is 6.04 Å². The van der Waals surface area contributed by atoms with Crippen LogP contribution in [0.1, 0.15) is 48.0 Å². The lowest BCUT2D eigenvalue weighted by molar-refractivity contribution is -0.820. The van der Waals surface area contributed by atoms with E-state index in [-0.39, 0.29) is 23.6 Å². The Balaban J connectivity index is 1.97. The zero-order valence-corrected chi connectivity index (χ0v) is 11.7. The highest BCUT2D eigenvalue weighted by atomic mass is 16.5. The molecule has 3 aliphatic rings. The molecular formula is C16H17N2O3+. The van der Waals surface area contributed by atoms with Crippen molar-refractivity contribution in [1.82, 2.24) is 0 Å². The van der Waals surface area contributed by atoms with Gasteiger partial charge in [0.1, 0.15) is 0 Å². The molecular weight excluding hydrogens is 268 g/mol. The molecule has 1 saturated carbocycles. The van der Waals surface area contributed by atoms with Gasteiger partial charge in [-0.3, -0.25) is 10.0 Å². The first-order chi connectivity index (χ1) is 10.2. The van der Waals surface area contributed by atoms with Gasteiger partial charge in [0.25, 0.3) is 11.8 Å². The topological polar surface area (TPSA) is 66.4 Å². The molecule has 0 unspecified atom stereocenters. The zero-order valence-electron chi connectivity index (χ0n) is 11.7. The van der Waals surface area contributed by atoms with Crippen molar-refractivity contribution >= 4 is 17.2 Å². The lowest BCUT2D eigenvalue weighted by Crippen LogP contribution is -2.52. The largest absolute Gasteiger partial charge is 0.623 e. The van der Waals surface area contributed by atoms with E-state index in [0.29, 0.717) is 16.8 Å². The summed E-state index contributed by atoms with van der Waals surface area (Å²) in [5.74, 6) is -0.266. The van der Waals surface area contributed by atoms with Crippen molar-refractivity contribution in [3.63, 3.8) is 0 Å². The van der Waals surface area contributed by atoms with Crippen LogP contribution in [0.15, 0.2) is 24.3 Å². The summed E-state index contributed by atoms with van der Waals surface area (Å²) < 4.78 is 2.07. The van der Waals surface area contributed by atoms with Crippen molar-refractivity contribution in [2.24, 2.45) is 0 Å². The van der Waals surface area contributed by atoms with Crippen LogP contribution in [-0.4, -0.2) is 44.0 Å². The molecule has 1 N–H and O–H groups in total. The number of hydrogen-bond donors (Lipinski definition) is 1. The first-order valence-corrected chi connectivity index (χ1v) is 7.53. The van der Waals surface area contributed by atoms with E-state index >= 15 is 0 Å². The Kier molecular flexibility index (Phi) is 2.64. The highest BCUT2D eigenvalue weighted by Gasteiger charge is 2.56. The van der Waals surface area contributed by atoms with Crippen molar-refractivity contribution in [2.75, 3.05) is 0 Å². The predicted molar refractivity (Wildman–Crippen MR) is 76.2 cm³/mol. The number of carbonyl (C=O) groups excluding carboxylic acids is 1. The summed E-state index contributed by atoms with van der Waals surface area (Å²) in [6.07, 6.45) is 4.56. The van der Waals surface area contributed by atoms with Crippen LogP contribution in [0.5, 0.6) is 0 Å². The average Bonchev–Trinajstić information content (AvgIpc) is 2.67. The van der Waals surface area contributed by atoms with Crippen LogP contribution >= 0.6 is 0 Å². The van der Waals surface area contributed by atoms with Crippen LogP contribution in [0, 0.1) is 5.21 Å². The van der Waals surface area contributed by atoms with Gasteiger partial charge in [0.05, 0.1) is 5.56 Å². The maximum absolute atomic E-state index is 12.7. The van der Waals surface area contributed by atoms with E-state index < -0.39 is 0 Å². The summed E-state index contributed by atoms with van der Waals surface area (Å²) in [4.78, 5) is 12.5. The fourth-order valence-corrected chi connectivity index (χ4v) is 3.85. The van der Waals surface area contributed by atoms with Crippen LogP contribution in [0.4, 0.5) is 0 Å². The number of carbonyl (C=O) groups is 1. The Hall–Kier alpha value is -2.17. The van der Waals surface area contributed by atoms with Crippen LogP contribution in [0.25, 0.3) is 0 Å². The molecule has 1 aromatic carbocycles. The number of benzene rings is 1. The summed E-state index contributed by atoms with van der Waals surface area (Å²) in [6, 6.07) is 6.57. The molecule has 1 aliphatic heterocycles. The fourth-order valence-electron chi connectivity index (χ4n) is 3.85. The molecule has 1 fully saturated rings. The van der Waals surface area contributed by atoms with E-state index in [2.05, 4.69) is 0 Å². The number of hydrogen-bond acceptors (Lipinski definition) is 3. The van der Waals surface area contributed by atoms with Crippen LogP contribution < -0.4 is 0 Å². The molecule has 0 amide bonds. The summed E-state index contributed by atoms with van der Waals surface area (Å²) in [5.41, 5.74) is 1.69. The number of hydroxylamine groups is 2. The highest BCUT2D eigenvalue weighted by Crippen LogP contribution is 2.30. The van der Waals surface area contributed by atoms with Crippen LogP contribution in [-0.2, 0) is 0 Å². The Morgan fingerprint density at radius 1 is 1.00 bits per heavy atom.